The third-order valence-corrected chi connectivity index (χ3v) is 3.21. The molecule has 0 radical (unpaired) electrons. The quantitative estimate of drug-likeness (QED) is 0.732. The van der Waals surface area contributed by atoms with Crippen molar-refractivity contribution in [3.8, 4) is 5.75 Å². The average molecular weight is 279 g/mol. The highest BCUT2D eigenvalue weighted by molar-refractivity contribution is 9.10. The molecule has 0 saturated heterocycles. The van der Waals surface area contributed by atoms with Crippen LogP contribution in [0.3, 0.4) is 0 Å². The zero-order chi connectivity index (χ0) is 11.4. The van der Waals surface area contributed by atoms with Gasteiger partial charge in [-0.05, 0) is 29.3 Å². The average Bonchev–Trinajstić information content (AvgIpc) is 2.30. The van der Waals surface area contributed by atoms with E-state index in [4.69, 9.17) is 4.74 Å². The molecule has 0 saturated carbocycles. The Balaban J connectivity index is 2.27. The van der Waals surface area contributed by atoms with Gasteiger partial charge >= 0.3 is 0 Å². The number of fused-ring (bicyclic) bond motifs is 1. The lowest BCUT2D eigenvalue weighted by Crippen LogP contribution is -1.96. The first kappa shape index (κ1) is 11.5. The summed E-state index contributed by atoms with van der Waals surface area (Å²) in [5.41, 5.74) is 0. The van der Waals surface area contributed by atoms with E-state index in [2.05, 4.69) is 41.1 Å². The van der Waals surface area contributed by atoms with Crippen LogP contribution in [0.4, 0.5) is 0 Å². The summed E-state index contributed by atoms with van der Waals surface area (Å²) >= 11 is 3.58. The summed E-state index contributed by atoms with van der Waals surface area (Å²) in [5, 5.41) is 2.44. The summed E-state index contributed by atoms with van der Waals surface area (Å²) in [6.45, 7) is 2.96. The fraction of sp³-hybridized carbons (Fsp3) is 0.286. The lowest BCUT2D eigenvalue weighted by atomic mass is 10.1. The second kappa shape index (κ2) is 5.35. The molecule has 0 aliphatic carbocycles. The molecule has 0 bridgehead atoms. The van der Waals surface area contributed by atoms with Crippen molar-refractivity contribution in [2.75, 3.05) is 6.61 Å². The number of hydrogen-bond donors (Lipinski definition) is 0. The van der Waals surface area contributed by atoms with Gasteiger partial charge in [0.05, 0.1) is 6.61 Å². The zero-order valence-electron chi connectivity index (χ0n) is 9.37. The van der Waals surface area contributed by atoms with Gasteiger partial charge in [0.15, 0.2) is 0 Å². The van der Waals surface area contributed by atoms with Crippen molar-refractivity contribution in [1.82, 2.24) is 0 Å². The molecule has 0 spiro atoms. The van der Waals surface area contributed by atoms with E-state index in [-0.39, 0.29) is 0 Å². The van der Waals surface area contributed by atoms with Crippen molar-refractivity contribution in [1.29, 1.82) is 0 Å². The summed E-state index contributed by atoms with van der Waals surface area (Å²) in [4.78, 5) is 0. The maximum atomic E-state index is 5.71. The van der Waals surface area contributed by atoms with Crippen molar-refractivity contribution < 1.29 is 4.74 Å². The van der Waals surface area contributed by atoms with Crippen LogP contribution in [0.25, 0.3) is 10.8 Å². The molecule has 2 aromatic rings. The molecule has 0 amide bonds. The lowest BCUT2D eigenvalue weighted by molar-refractivity contribution is 0.309. The van der Waals surface area contributed by atoms with Crippen LogP contribution in [0.5, 0.6) is 5.75 Å². The molecule has 0 unspecified atom stereocenters. The van der Waals surface area contributed by atoms with Gasteiger partial charge in [-0.1, -0.05) is 53.5 Å². The Morgan fingerprint density at radius 2 is 2.00 bits per heavy atom. The minimum absolute atomic E-state index is 0.793. The van der Waals surface area contributed by atoms with E-state index in [1.807, 2.05) is 18.2 Å². The van der Waals surface area contributed by atoms with Gasteiger partial charge in [-0.2, -0.15) is 0 Å². The van der Waals surface area contributed by atoms with Crippen LogP contribution in [0.1, 0.15) is 19.8 Å². The molecule has 2 rings (SSSR count). The molecule has 0 aromatic heterocycles. The predicted octanol–water partition coefficient (Wildman–Crippen LogP) is 4.78. The Bertz CT molecular complexity index is 479. The number of halogens is 1. The minimum atomic E-state index is 0.793. The smallest absolute Gasteiger partial charge is 0.121 e. The van der Waals surface area contributed by atoms with E-state index in [0.717, 1.165) is 29.7 Å². The molecule has 0 atom stereocenters. The fourth-order valence-corrected chi connectivity index (χ4v) is 2.24. The van der Waals surface area contributed by atoms with Crippen LogP contribution in [0.15, 0.2) is 40.9 Å². The van der Waals surface area contributed by atoms with Crippen LogP contribution in [0, 0.1) is 0 Å². The number of unbranched alkanes of at least 4 members (excludes halogenated alkanes) is 1. The molecule has 0 heterocycles. The van der Waals surface area contributed by atoms with Gasteiger partial charge < -0.3 is 4.74 Å². The van der Waals surface area contributed by atoms with Crippen molar-refractivity contribution >= 4 is 26.7 Å². The Morgan fingerprint density at radius 3 is 2.81 bits per heavy atom. The Labute approximate surface area is 105 Å². The summed E-state index contributed by atoms with van der Waals surface area (Å²) in [5.74, 6) is 0.944. The fourth-order valence-electron chi connectivity index (χ4n) is 1.66. The topological polar surface area (TPSA) is 9.23 Å². The standard InChI is InChI=1S/C14H15BrO/c1-2-3-8-16-12-9-11-6-4-5-7-13(11)14(15)10-12/h4-7,9-10H,2-3,8H2,1H3. The largest absolute Gasteiger partial charge is 0.494 e. The van der Waals surface area contributed by atoms with E-state index in [0.29, 0.717) is 0 Å². The van der Waals surface area contributed by atoms with Crippen LogP contribution >= 0.6 is 15.9 Å². The first-order valence-corrected chi connectivity index (χ1v) is 6.41. The summed E-state index contributed by atoms with van der Waals surface area (Å²) in [6.07, 6.45) is 2.26. The molecule has 2 aromatic carbocycles. The molecule has 2 heteroatoms. The van der Waals surface area contributed by atoms with Gasteiger partial charge in [-0.25, -0.2) is 0 Å². The normalized spacial score (nSPS) is 10.6. The first-order valence-electron chi connectivity index (χ1n) is 5.62. The van der Waals surface area contributed by atoms with Crippen molar-refractivity contribution in [3.05, 3.63) is 40.9 Å². The van der Waals surface area contributed by atoms with Crippen molar-refractivity contribution in [2.24, 2.45) is 0 Å². The van der Waals surface area contributed by atoms with Crippen LogP contribution in [0.2, 0.25) is 0 Å². The zero-order valence-corrected chi connectivity index (χ0v) is 11.0. The van der Waals surface area contributed by atoms with Gasteiger partial charge in [0.25, 0.3) is 0 Å². The maximum Gasteiger partial charge on any atom is 0.121 e. The van der Waals surface area contributed by atoms with Gasteiger partial charge in [0.2, 0.25) is 0 Å². The van der Waals surface area contributed by atoms with Crippen molar-refractivity contribution in [3.63, 3.8) is 0 Å². The second-order valence-corrected chi connectivity index (χ2v) is 4.68. The van der Waals surface area contributed by atoms with Gasteiger partial charge in [0, 0.05) is 4.47 Å². The Morgan fingerprint density at radius 1 is 1.19 bits per heavy atom. The van der Waals surface area contributed by atoms with Crippen LogP contribution in [-0.4, -0.2) is 6.61 Å². The number of hydrogen-bond acceptors (Lipinski definition) is 1. The molecular formula is C14H15BrO. The Hall–Kier alpha value is -1.02. The molecule has 0 fully saturated rings. The van der Waals surface area contributed by atoms with Crippen LogP contribution < -0.4 is 4.74 Å². The molecule has 16 heavy (non-hydrogen) atoms. The maximum absolute atomic E-state index is 5.71. The number of ether oxygens (including phenoxy) is 1. The van der Waals surface area contributed by atoms with Gasteiger partial charge in [-0.3, -0.25) is 0 Å². The molecule has 84 valence electrons. The van der Waals surface area contributed by atoms with E-state index in [1.54, 1.807) is 0 Å². The van der Waals surface area contributed by atoms with Crippen molar-refractivity contribution in [2.45, 2.75) is 19.8 Å². The molecule has 0 N–H and O–H groups in total. The van der Waals surface area contributed by atoms with Crippen LogP contribution in [-0.2, 0) is 0 Å². The first-order chi connectivity index (χ1) is 7.81. The summed E-state index contributed by atoms with van der Waals surface area (Å²) in [6, 6.07) is 12.4. The predicted molar refractivity (Wildman–Crippen MR) is 72.1 cm³/mol. The molecule has 0 aliphatic rings. The summed E-state index contributed by atoms with van der Waals surface area (Å²) in [7, 11) is 0. The highest BCUT2D eigenvalue weighted by atomic mass is 79.9. The molecule has 0 aliphatic heterocycles. The van der Waals surface area contributed by atoms with E-state index in [9.17, 15) is 0 Å². The van der Waals surface area contributed by atoms with E-state index < -0.39 is 0 Å². The van der Waals surface area contributed by atoms with Gasteiger partial charge in [0.1, 0.15) is 5.75 Å². The molecule has 1 nitrogen and oxygen atoms in total. The second-order valence-electron chi connectivity index (χ2n) is 3.83. The van der Waals surface area contributed by atoms with Gasteiger partial charge in [-0.15, -0.1) is 0 Å². The van der Waals surface area contributed by atoms with E-state index >= 15 is 0 Å². The highest BCUT2D eigenvalue weighted by Crippen LogP contribution is 2.29. The third kappa shape index (κ3) is 2.56. The summed E-state index contributed by atoms with van der Waals surface area (Å²) < 4.78 is 6.80. The number of benzene rings is 2. The monoisotopic (exact) mass is 278 g/mol. The Kier molecular flexibility index (Phi) is 3.83. The van der Waals surface area contributed by atoms with E-state index in [1.165, 1.54) is 10.8 Å². The highest BCUT2D eigenvalue weighted by Gasteiger charge is 2.01. The third-order valence-electron chi connectivity index (χ3n) is 2.55. The lowest BCUT2D eigenvalue weighted by Gasteiger charge is -2.08. The number of rotatable bonds is 4. The minimum Gasteiger partial charge on any atom is -0.494 e. The molecular weight excluding hydrogens is 264 g/mol. The SMILES string of the molecule is CCCCOc1cc(Br)c2ccccc2c1.